The molecule has 2 aromatic rings. The van der Waals surface area contributed by atoms with Crippen molar-refractivity contribution in [3.63, 3.8) is 0 Å². The van der Waals surface area contributed by atoms with Gasteiger partial charge in [0.15, 0.2) is 0 Å². The first-order valence-electron chi connectivity index (χ1n) is 4.61. The minimum Gasteiger partial charge on any atom is -0.492 e. The van der Waals surface area contributed by atoms with Crippen LogP contribution in [-0.4, -0.2) is 14.7 Å². The summed E-state index contributed by atoms with van der Waals surface area (Å²) >= 11 is 2.97. The van der Waals surface area contributed by atoms with Gasteiger partial charge < -0.3 is 5.11 Å². The maximum Gasteiger partial charge on any atom is 0.335 e. The average Bonchev–Trinajstić information content (AvgIpc) is 2.29. The van der Waals surface area contributed by atoms with E-state index in [9.17, 15) is 23.5 Å². The lowest BCUT2D eigenvalue weighted by atomic mass is 10.3. The van der Waals surface area contributed by atoms with E-state index < -0.39 is 28.8 Å². The number of aromatic hydroxyl groups is 1. The summed E-state index contributed by atoms with van der Waals surface area (Å²) in [6.45, 7) is 0. The molecule has 0 fully saturated rings. The lowest BCUT2D eigenvalue weighted by Gasteiger charge is -2.09. The van der Waals surface area contributed by atoms with Crippen LogP contribution in [0, 0.1) is 11.6 Å². The number of hydrogen-bond acceptors (Lipinski definition) is 3. The van der Waals surface area contributed by atoms with E-state index >= 15 is 0 Å². The van der Waals surface area contributed by atoms with Crippen molar-refractivity contribution in [3.05, 3.63) is 55.1 Å². The molecule has 0 radical (unpaired) electrons. The molecule has 1 aromatic heterocycles. The van der Waals surface area contributed by atoms with Crippen molar-refractivity contribution in [2.24, 2.45) is 0 Å². The Bertz CT molecular complexity index is 739. The lowest BCUT2D eigenvalue weighted by molar-refractivity contribution is 0.386. The third-order valence-electron chi connectivity index (χ3n) is 2.18. The Labute approximate surface area is 106 Å². The Morgan fingerprint density at radius 2 is 1.94 bits per heavy atom. The average molecular weight is 319 g/mol. The van der Waals surface area contributed by atoms with Crippen LogP contribution in [0.5, 0.6) is 5.88 Å². The van der Waals surface area contributed by atoms with E-state index in [2.05, 4.69) is 15.9 Å². The number of nitrogens with one attached hydrogen (secondary N) is 1. The minimum absolute atomic E-state index is 0.00551. The van der Waals surface area contributed by atoms with Gasteiger partial charge in [0.2, 0.25) is 11.7 Å². The molecule has 8 heteroatoms. The molecule has 0 spiro atoms. The number of H-pyrrole nitrogens is 1. The molecule has 0 saturated carbocycles. The van der Waals surface area contributed by atoms with Crippen molar-refractivity contribution >= 4 is 15.9 Å². The largest absolute Gasteiger partial charge is 0.492 e. The SMILES string of the molecule is O=c1[nH]c(=O)n(-c2ccc(F)cc2Br)c(O)c1F. The summed E-state index contributed by atoms with van der Waals surface area (Å²) in [6.07, 6.45) is 0. The molecule has 0 atom stereocenters. The maximum absolute atomic E-state index is 13.2. The van der Waals surface area contributed by atoms with Crippen molar-refractivity contribution in [3.8, 4) is 11.6 Å². The van der Waals surface area contributed by atoms with Gasteiger partial charge in [-0.1, -0.05) is 0 Å². The van der Waals surface area contributed by atoms with Crippen molar-refractivity contribution in [2.45, 2.75) is 0 Å². The zero-order valence-corrected chi connectivity index (χ0v) is 10.2. The lowest BCUT2D eigenvalue weighted by Crippen LogP contribution is -2.31. The predicted octanol–water partition coefficient (Wildman–Crippen LogP) is 1.27. The van der Waals surface area contributed by atoms with Gasteiger partial charge in [0.1, 0.15) is 5.82 Å². The Morgan fingerprint density at radius 3 is 2.56 bits per heavy atom. The predicted molar refractivity (Wildman–Crippen MR) is 61.9 cm³/mol. The van der Waals surface area contributed by atoms with E-state index in [4.69, 9.17) is 0 Å². The summed E-state index contributed by atoms with van der Waals surface area (Å²) in [5.41, 5.74) is -2.37. The molecule has 0 saturated heterocycles. The molecule has 5 nitrogen and oxygen atoms in total. The highest BCUT2D eigenvalue weighted by Gasteiger charge is 2.16. The van der Waals surface area contributed by atoms with Gasteiger partial charge >= 0.3 is 5.69 Å². The number of nitrogens with zero attached hydrogens (tertiary/aromatic N) is 1. The third-order valence-corrected chi connectivity index (χ3v) is 2.82. The Morgan fingerprint density at radius 1 is 1.28 bits per heavy atom. The van der Waals surface area contributed by atoms with Crippen molar-refractivity contribution in [2.75, 3.05) is 0 Å². The first-order valence-corrected chi connectivity index (χ1v) is 5.40. The van der Waals surface area contributed by atoms with Crippen molar-refractivity contribution in [1.82, 2.24) is 9.55 Å². The van der Waals surface area contributed by atoms with E-state index in [1.165, 1.54) is 0 Å². The second-order valence-corrected chi connectivity index (χ2v) is 4.18. The van der Waals surface area contributed by atoms with Gasteiger partial charge in [0.25, 0.3) is 5.56 Å². The molecule has 1 heterocycles. The van der Waals surface area contributed by atoms with Crippen molar-refractivity contribution < 1.29 is 13.9 Å². The summed E-state index contributed by atoms with van der Waals surface area (Å²) < 4.78 is 26.8. The molecule has 0 aliphatic rings. The van der Waals surface area contributed by atoms with E-state index in [-0.39, 0.29) is 10.2 Å². The smallest absolute Gasteiger partial charge is 0.335 e. The van der Waals surface area contributed by atoms with E-state index in [0.29, 0.717) is 4.57 Å². The fourth-order valence-electron chi connectivity index (χ4n) is 1.39. The first-order chi connectivity index (χ1) is 8.41. The molecule has 0 aliphatic carbocycles. The molecule has 2 N–H and O–H groups in total. The standard InChI is InChI=1S/C10H5BrF2N2O3/c11-5-3-4(12)1-2-6(5)15-9(17)7(13)8(16)14-10(15)18/h1-3,17H,(H,14,16,18). The van der Waals surface area contributed by atoms with Gasteiger partial charge in [-0.15, -0.1) is 0 Å². The highest BCUT2D eigenvalue weighted by Crippen LogP contribution is 2.24. The normalized spacial score (nSPS) is 10.6. The van der Waals surface area contributed by atoms with Gasteiger partial charge in [0.05, 0.1) is 5.69 Å². The number of halogens is 3. The van der Waals surface area contributed by atoms with Gasteiger partial charge in [-0.3, -0.25) is 9.78 Å². The zero-order valence-electron chi connectivity index (χ0n) is 8.58. The van der Waals surface area contributed by atoms with Gasteiger partial charge in [0, 0.05) is 4.47 Å². The molecule has 0 amide bonds. The van der Waals surface area contributed by atoms with E-state index in [1.54, 1.807) is 4.98 Å². The highest BCUT2D eigenvalue weighted by molar-refractivity contribution is 9.10. The van der Waals surface area contributed by atoms with E-state index in [0.717, 1.165) is 18.2 Å². The van der Waals surface area contributed by atoms with Crippen LogP contribution >= 0.6 is 15.9 Å². The summed E-state index contributed by atoms with van der Waals surface area (Å²) in [5, 5.41) is 9.46. The fraction of sp³-hybridized carbons (Fsp3) is 0. The minimum atomic E-state index is -1.49. The summed E-state index contributed by atoms with van der Waals surface area (Å²) in [7, 11) is 0. The molecule has 1 aromatic carbocycles. The molecule has 0 unspecified atom stereocenters. The fourth-order valence-corrected chi connectivity index (χ4v) is 1.92. The molecule has 94 valence electrons. The van der Waals surface area contributed by atoms with Crippen LogP contribution in [-0.2, 0) is 0 Å². The number of benzene rings is 1. The molecular formula is C10H5BrF2N2O3. The number of aromatic nitrogens is 2. The van der Waals surface area contributed by atoms with Gasteiger partial charge in [-0.05, 0) is 34.1 Å². The highest BCUT2D eigenvalue weighted by atomic mass is 79.9. The summed E-state index contributed by atoms with van der Waals surface area (Å²) in [5.74, 6) is -3.22. The first kappa shape index (κ1) is 12.5. The van der Waals surface area contributed by atoms with Crippen LogP contribution in [0.1, 0.15) is 0 Å². The monoisotopic (exact) mass is 318 g/mol. The Balaban J connectivity index is 2.84. The Hall–Kier alpha value is -1.96. The summed E-state index contributed by atoms with van der Waals surface area (Å²) in [4.78, 5) is 24.1. The van der Waals surface area contributed by atoms with Crippen LogP contribution in [0.4, 0.5) is 8.78 Å². The van der Waals surface area contributed by atoms with Crippen LogP contribution in [0.3, 0.4) is 0 Å². The second kappa shape index (κ2) is 4.37. The second-order valence-electron chi connectivity index (χ2n) is 3.33. The Kier molecular flexibility index (Phi) is 3.04. The van der Waals surface area contributed by atoms with Crippen LogP contribution in [0.15, 0.2) is 32.3 Å². The maximum atomic E-state index is 13.2. The number of hydrogen-bond donors (Lipinski definition) is 2. The van der Waals surface area contributed by atoms with Gasteiger partial charge in [-0.2, -0.15) is 4.39 Å². The molecule has 2 rings (SSSR count). The zero-order chi connectivity index (χ0) is 13.4. The van der Waals surface area contributed by atoms with Crippen molar-refractivity contribution in [1.29, 1.82) is 0 Å². The molecule has 0 aliphatic heterocycles. The summed E-state index contributed by atoms with van der Waals surface area (Å²) in [6, 6.07) is 3.21. The number of aromatic amines is 1. The molecule has 18 heavy (non-hydrogen) atoms. The number of rotatable bonds is 1. The van der Waals surface area contributed by atoms with E-state index in [1.807, 2.05) is 0 Å². The molecule has 0 bridgehead atoms. The topological polar surface area (TPSA) is 75.1 Å². The molecular weight excluding hydrogens is 314 g/mol. The van der Waals surface area contributed by atoms with Crippen LogP contribution in [0.25, 0.3) is 5.69 Å². The van der Waals surface area contributed by atoms with Gasteiger partial charge in [-0.25, -0.2) is 13.8 Å². The third kappa shape index (κ3) is 1.94. The van der Waals surface area contributed by atoms with Crippen LogP contribution < -0.4 is 11.2 Å². The quantitative estimate of drug-likeness (QED) is 0.831. The van der Waals surface area contributed by atoms with Crippen LogP contribution in [0.2, 0.25) is 0 Å².